The zero-order valence-corrected chi connectivity index (χ0v) is 15.8. The second kappa shape index (κ2) is 9.36. The van der Waals surface area contributed by atoms with Crippen molar-refractivity contribution in [2.24, 2.45) is 5.92 Å². The SMILES string of the molecule is COC(=O)C(/C=C(/c1ccccc1)N1CCOCC1)CC(=O)N1CCOC1=O. The standard InChI is InChI=1S/C20H24N2O6/c1-26-19(24)16(14-18(23)22-9-12-28-20(22)25)13-17(15-5-3-2-4-6-15)21-7-10-27-11-8-21/h2-6,13,16H,7-12,14H2,1H3/b17-13-. The van der Waals surface area contributed by atoms with E-state index in [0.717, 1.165) is 16.2 Å². The first kappa shape index (κ1) is 19.9. The summed E-state index contributed by atoms with van der Waals surface area (Å²) in [6.07, 6.45) is 0.919. The third kappa shape index (κ3) is 4.69. The maximum absolute atomic E-state index is 12.5. The first-order valence-corrected chi connectivity index (χ1v) is 9.25. The number of hydrogen-bond donors (Lipinski definition) is 0. The van der Waals surface area contributed by atoms with Gasteiger partial charge >= 0.3 is 12.1 Å². The van der Waals surface area contributed by atoms with Gasteiger partial charge in [0.2, 0.25) is 5.91 Å². The van der Waals surface area contributed by atoms with Crippen LogP contribution in [0, 0.1) is 5.92 Å². The van der Waals surface area contributed by atoms with Crippen molar-refractivity contribution in [3.05, 3.63) is 42.0 Å². The number of ether oxygens (including phenoxy) is 3. The molecule has 1 aromatic rings. The minimum absolute atomic E-state index is 0.164. The van der Waals surface area contributed by atoms with Gasteiger partial charge in [-0.1, -0.05) is 30.3 Å². The van der Waals surface area contributed by atoms with E-state index < -0.39 is 23.9 Å². The van der Waals surface area contributed by atoms with E-state index in [2.05, 4.69) is 4.90 Å². The molecule has 0 radical (unpaired) electrons. The highest BCUT2D eigenvalue weighted by Crippen LogP contribution is 2.25. The highest BCUT2D eigenvalue weighted by molar-refractivity contribution is 5.95. The van der Waals surface area contributed by atoms with Gasteiger partial charge in [0.25, 0.3) is 0 Å². The maximum atomic E-state index is 12.5. The Hall–Kier alpha value is -2.87. The molecule has 2 amide bonds. The smallest absolute Gasteiger partial charge is 0.416 e. The molecule has 1 atom stereocenters. The van der Waals surface area contributed by atoms with E-state index in [0.29, 0.717) is 26.3 Å². The summed E-state index contributed by atoms with van der Waals surface area (Å²) in [5.74, 6) is -1.80. The molecular formula is C20H24N2O6. The number of carbonyl (C=O) groups is 3. The highest BCUT2D eigenvalue weighted by atomic mass is 16.6. The number of esters is 1. The molecular weight excluding hydrogens is 364 g/mol. The van der Waals surface area contributed by atoms with Crippen LogP contribution in [0.2, 0.25) is 0 Å². The maximum Gasteiger partial charge on any atom is 0.416 e. The molecule has 0 bridgehead atoms. The second-order valence-electron chi connectivity index (χ2n) is 6.51. The average Bonchev–Trinajstić information content (AvgIpc) is 3.17. The number of hydrogen-bond acceptors (Lipinski definition) is 7. The molecule has 1 aromatic carbocycles. The molecule has 28 heavy (non-hydrogen) atoms. The third-order valence-corrected chi connectivity index (χ3v) is 4.74. The number of methoxy groups -OCH3 is 1. The predicted molar refractivity (Wildman–Crippen MR) is 100.0 cm³/mol. The predicted octanol–water partition coefficient (Wildman–Crippen LogP) is 1.52. The molecule has 0 spiro atoms. The van der Waals surface area contributed by atoms with E-state index >= 15 is 0 Å². The number of nitrogens with zero attached hydrogens (tertiary/aromatic N) is 2. The number of benzene rings is 1. The molecule has 3 rings (SSSR count). The van der Waals surface area contributed by atoms with Gasteiger partial charge in [0.1, 0.15) is 6.61 Å². The lowest BCUT2D eigenvalue weighted by atomic mass is 9.99. The summed E-state index contributed by atoms with van der Waals surface area (Å²) in [4.78, 5) is 39.7. The summed E-state index contributed by atoms with van der Waals surface area (Å²) in [7, 11) is 1.29. The minimum Gasteiger partial charge on any atom is -0.469 e. The summed E-state index contributed by atoms with van der Waals surface area (Å²) >= 11 is 0. The number of rotatable bonds is 6. The van der Waals surface area contributed by atoms with Gasteiger partial charge in [0.15, 0.2) is 0 Å². The van der Waals surface area contributed by atoms with Crippen molar-refractivity contribution in [2.75, 3.05) is 46.6 Å². The van der Waals surface area contributed by atoms with E-state index in [1.54, 1.807) is 6.08 Å². The summed E-state index contributed by atoms with van der Waals surface area (Å²) in [5.41, 5.74) is 1.78. The number of cyclic esters (lactones) is 1. The fraction of sp³-hybridized carbons (Fsp3) is 0.450. The first-order valence-electron chi connectivity index (χ1n) is 9.25. The fourth-order valence-corrected chi connectivity index (χ4v) is 3.27. The van der Waals surface area contributed by atoms with Crippen LogP contribution in [0.3, 0.4) is 0 Å². The van der Waals surface area contributed by atoms with Gasteiger partial charge in [-0.15, -0.1) is 0 Å². The van der Waals surface area contributed by atoms with E-state index in [9.17, 15) is 14.4 Å². The lowest BCUT2D eigenvalue weighted by molar-refractivity contribution is -0.146. The van der Waals surface area contributed by atoms with Crippen LogP contribution in [-0.2, 0) is 23.8 Å². The number of morpholine rings is 1. The zero-order valence-electron chi connectivity index (χ0n) is 15.8. The molecule has 2 heterocycles. The van der Waals surface area contributed by atoms with Crippen LogP contribution in [0.5, 0.6) is 0 Å². The van der Waals surface area contributed by atoms with Crippen LogP contribution in [0.15, 0.2) is 36.4 Å². The van der Waals surface area contributed by atoms with Gasteiger partial charge in [0, 0.05) is 25.2 Å². The Kier molecular flexibility index (Phi) is 6.65. The summed E-state index contributed by atoms with van der Waals surface area (Å²) < 4.78 is 15.2. The van der Waals surface area contributed by atoms with Crippen molar-refractivity contribution in [2.45, 2.75) is 6.42 Å². The lowest BCUT2D eigenvalue weighted by Gasteiger charge is -2.32. The number of imide groups is 1. The van der Waals surface area contributed by atoms with Crippen molar-refractivity contribution < 1.29 is 28.6 Å². The Bertz CT molecular complexity index is 742. The molecule has 0 saturated carbocycles. The average molecular weight is 388 g/mol. The van der Waals surface area contributed by atoms with Crippen LogP contribution in [0.4, 0.5) is 4.79 Å². The molecule has 2 saturated heterocycles. The normalized spacial score (nSPS) is 18.6. The topological polar surface area (TPSA) is 85.4 Å². The molecule has 0 aromatic heterocycles. The van der Waals surface area contributed by atoms with Gasteiger partial charge in [-0.2, -0.15) is 0 Å². The molecule has 2 aliphatic rings. The zero-order chi connectivity index (χ0) is 19.9. The molecule has 2 fully saturated rings. The van der Waals surface area contributed by atoms with Crippen molar-refractivity contribution in [3.63, 3.8) is 0 Å². The molecule has 0 N–H and O–H groups in total. The quantitative estimate of drug-likeness (QED) is 0.683. The van der Waals surface area contributed by atoms with Crippen LogP contribution < -0.4 is 0 Å². The molecule has 1 unspecified atom stereocenters. The fourth-order valence-electron chi connectivity index (χ4n) is 3.27. The first-order chi connectivity index (χ1) is 13.6. The van der Waals surface area contributed by atoms with Gasteiger partial charge in [-0.3, -0.25) is 9.59 Å². The van der Waals surface area contributed by atoms with E-state index in [1.165, 1.54) is 7.11 Å². The Labute approximate surface area is 163 Å². The minimum atomic E-state index is -0.816. The van der Waals surface area contributed by atoms with Crippen LogP contribution in [-0.4, -0.2) is 74.3 Å². The number of carbonyl (C=O) groups excluding carboxylic acids is 3. The summed E-state index contributed by atoms with van der Waals surface area (Å²) in [5, 5.41) is 0. The third-order valence-electron chi connectivity index (χ3n) is 4.74. The van der Waals surface area contributed by atoms with Gasteiger partial charge in [0.05, 0.1) is 32.8 Å². The Balaban J connectivity index is 1.88. The van der Waals surface area contributed by atoms with Crippen molar-refractivity contribution in [1.82, 2.24) is 9.80 Å². The largest absolute Gasteiger partial charge is 0.469 e. The molecule has 8 nitrogen and oxygen atoms in total. The Morgan fingerprint density at radius 2 is 1.86 bits per heavy atom. The monoisotopic (exact) mass is 388 g/mol. The molecule has 2 aliphatic heterocycles. The molecule has 0 aliphatic carbocycles. The van der Waals surface area contributed by atoms with E-state index in [4.69, 9.17) is 14.2 Å². The van der Waals surface area contributed by atoms with Gasteiger partial charge in [-0.25, -0.2) is 9.69 Å². The van der Waals surface area contributed by atoms with Crippen molar-refractivity contribution >= 4 is 23.7 Å². The van der Waals surface area contributed by atoms with Crippen LogP contribution >= 0.6 is 0 Å². The highest BCUT2D eigenvalue weighted by Gasteiger charge is 2.32. The van der Waals surface area contributed by atoms with Crippen LogP contribution in [0.1, 0.15) is 12.0 Å². The van der Waals surface area contributed by atoms with Crippen molar-refractivity contribution in [3.8, 4) is 0 Å². The van der Waals surface area contributed by atoms with E-state index in [1.807, 2.05) is 30.3 Å². The molecule has 8 heteroatoms. The second-order valence-corrected chi connectivity index (χ2v) is 6.51. The Morgan fingerprint density at radius 1 is 1.14 bits per heavy atom. The van der Waals surface area contributed by atoms with Gasteiger partial charge in [-0.05, 0) is 11.6 Å². The van der Waals surface area contributed by atoms with Gasteiger partial charge < -0.3 is 19.1 Å². The molecule has 150 valence electrons. The summed E-state index contributed by atoms with van der Waals surface area (Å²) in [6.45, 7) is 2.91. The van der Waals surface area contributed by atoms with E-state index in [-0.39, 0.29) is 19.6 Å². The van der Waals surface area contributed by atoms with Crippen LogP contribution in [0.25, 0.3) is 5.70 Å². The Morgan fingerprint density at radius 3 is 2.46 bits per heavy atom. The van der Waals surface area contributed by atoms with Crippen molar-refractivity contribution in [1.29, 1.82) is 0 Å². The number of amides is 2. The summed E-state index contributed by atoms with van der Waals surface area (Å²) in [6, 6.07) is 9.66. The lowest BCUT2D eigenvalue weighted by Crippen LogP contribution is -2.36.